The molecular weight excluding hydrogens is 248 g/mol. The van der Waals surface area contributed by atoms with E-state index in [0.29, 0.717) is 13.0 Å². The Balaban J connectivity index is 2.62. The van der Waals surface area contributed by atoms with Crippen molar-refractivity contribution < 1.29 is 4.79 Å². The number of hydrogen-bond donors (Lipinski definition) is 2. The van der Waals surface area contributed by atoms with E-state index in [-0.39, 0.29) is 11.2 Å². The van der Waals surface area contributed by atoms with Gasteiger partial charge in [0.2, 0.25) is 5.91 Å². The van der Waals surface area contributed by atoms with Crippen LogP contribution in [0.4, 0.5) is 0 Å². The van der Waals surface area contributed by atoms with Crippen LogP contribution in [0.3, 0.4) is 0 Å². The van der Waals surface area contributed by atoms with Gasteiger partial charge < -0.3 is 11.1 Å². The average molecular weight is 268 g/mol. The zero-order chi connectivity index (χ0) is 13.6. The summed E-state index contributed by atoms with van der Waals surface area (Å²) in [5, 5.41) is 4.29. The molecule has 2 atom stereocenters. The molecule has 6 heteroatoms. The number of nitrogens with two attached hydrogens (primary N) is 1. The summed E-state index contributed by atoms with van der Waals surface area (Å²) >= 11 is 1.61. The molecule has 2 unspecified atom stereocenters. The number of carbonyl (C=O) groups excluding carboxylic acids is 1. The highest BCUT2D eigenvalue weighted by atomic mass is 32.2. The Morgan fingerprint density at radius 1 is 1.67 bits per heavy atom. The smallest absolute Gasteiger partial charge is 0.237 e. The Bertz CT molecular complexity index is 387. The predicted octanol–water partition coefficient (Wildman–Crippen LogP) is 1.20. The normalized spacial score (nSPS) is 15.9. The van der Waals surface area contributed by atoms with Crippen LogP contribution in [0.15, 0.2) is 23.6 Å². The lowest BCUT2D eigenvalue weighted by molar-refractivity contribution is -0.124. The van der Waals surface area contributed by atoms with Crippen molar-refractivity contribution in [3.8, 4) is 0 Å². The van der Waals surface area contributed by atoms with Crippen molar-refractivity contribution in [1.82, 2.24) is 15.3 Å². The molecule has 1 heterocycles. The third kappa shape index (κ3) is 4.27. The van der Waals surface area contributed by atoms with Crippen LogP contribution in [-0.2, 0) is 4.79 Å². The number of amides is 1. The van der Waals surface area contributed by atoms with E-state index in [1.165, 1.54) is 6.33 Å². The minimum Gasteiger partial charge on any atom is -0.368 e. The second-order valence-electron chi connectivity index (χ2n) is 4.41. The molecule has 1 aromatic rings. The van der Waals surface area contributed by atoms with E-state index in [1.807, 2.05) is 19.9 Å². The van der Waals surface area contributed by atoms with Crippen LogP contribution in [0.1, 0.15) is 27.2 Å². The first-order chi connectivity index (χ1) is 8.48. The molecule has 0 saturated carbocycles. The number of nitrogens with one attached hydrogen (secondary N) is 1. The number of primary amides is 1. The lowest BCUT2D eigenvalue weighted by Gasteiger charge is -2.29. The largest absolute Gasteiger partial charge is 0.368 e. The molecule has 1 amide bonds. The van der Waals surface area contributed by atoms with Crippen LogP contribution in [0, 0.1) is 0 Å². The number of nitrogens with zero attached hydrogens (tertiary/aromatic N) is 2. The Kier molecular flexibility index (Phi) is 5.55. The minimum atomic E-state index is -0.672. The SMILES string of the molecule is CCNC(C)(CC(C)Sc1ccncn1)C(N)=O. The first-order valence-corrected chi connectivity index (χ1v) is 6.83. The van der Waals surface area contributed by atoms with Gasteiger partial charge in [-0.2, -0.15) is 0 Å². The highest BCUT2D eigenvalue weighted by Gasteiger charge is 2.32. The molecule has 1 rings (SSSR count). The molecule has 0 aliphatic heterocycles. The number of likely N-dealkylation sites (N-methyl/N-ethyl adjacent to an activating group) is 1. The van der Waals surface area contributed by atoms with Crippen LogP contribution in [0.25, 0.3) is 0 Å². The molecule has 100 valence electrons. The Morgan fingerprint density at radius 3 is 2.89 bits per heavy atom. The van der Waals surface area contributed by atoms with E-state index in [9.17, 15) is 4.79 Å². The summed E-state index contributed by atoms with van der Waals surface area (Å²) in [6.45, 7) is 6.58. The van der Waals surface area contributed by atoms with Gasteiger partial charge in [-0.15, -0.1) is 11.8 Å². The van der Waals surface area contributed by atoms with Gasteiger partial charge in [-0.25, -0.2) is 9.97 Å². The summed E-state index contributed by atoms with van der Waals surface area (Å²) in [5.41, 5.74) is 4.79. The summed E-state index contributed by atoms with van der Waals surface area (Å²) in [7, 11) is 0. The van der Waals surface area contributed by atoms with Crippen molar-refractivity contribution in [3.05, 3.63) is 18.6 Å². The molecule has 3 N–H and O–H groups in total. The number of thioether (sulfide) groups is 1. The number of rotatable bonds is 7. The van der Waals surface area contributed by atoms with E-state index < -0.39 is 5.54 Å². The molecule has 0 aromatic carbocycles. The molecule has 0 saturated heterocycles. The summed E-state index contributed by atoms with van der Waals surface area (Å²) in [6, 6.07) is 1.86. The summed E-state index contributed by atoms with van der Waals surface area (Å²) in [6.07, 6.45) is 3.89. The van der Waals surface area contributed by atoms with Gasteiger partial charge in [0.05, 0.1) is 10.6 Å². The van der Waals surface area contributed by atoms with Crippen LogP contribution in [0.5, 0.6) is 0 Å². The Hall–Kier alpha value is -1.14. The Labute approximate surface area is 112 Å². The van der Waals surface area contributed by atoms with Crippen molar-refractivity contribution in [2.45, 2.75) is 43.0 Å². The van der Waals surface area contributed by atoms with Gasteiger partial charge in [-0.05, 0) is 26.0 Å². The fraction of sp³-hybridized carbons (Fsp3) is 0.583. The van der Waals surface area contributed by atoms with Gasteiger partial charge >= 0.3 is 0 Å². The van der Waals surface area contributed by atoms with Gasteiger partial charge in [-0.1, -0.05) is 13.8 Å². The van der Waals surface area contributed by atoms with Gasteiger partial charge in [0.1, 0.15) is 6.33 Å². The first kappa shape index (κ1) is 14.9. The third-order valence-electron chi connectivity index (χ3n) is 2.68. The fourth-order valence-electron chi connectivity index (χ4n) is 1.82. The van der Waals surface area contributed by atoms with Crippen LogP contribution < -0.4 is 11.1 Å². The summed E-state index contributed by atoms with van der Waals surface area (Å²) in [5.74, 6) is -0.320. The van der Waals surface area contributed by atoms with Crippen molar-refractivity contribution in [3.63, 3.8) is 0 Å². The molecule has 0 aliphatic rings. The van der Waals surface area contributed by atoms with E-state index in [4.69, 9.17) is 5.73 Å². The molecular formula is C12H20N4OS. The van der Waals surface area contributed by atoms with Gasteiger partial charge in [-0.3, -0.25) is 4.79 Å². The van der Waals surface area contributed by atoms with E-state index >= 15 is 0 Å². The standard InChI is InChI=1S/C12H20N4OS/c1-4-16-12(3,11(13)17)7-9(2)18-10-5-6-14-8-15-10/h5-6,8-9,16H,4,7H2,1-3H3,(H2,13,17). The second-order valence-corrected chi connectivity index (χ2v) is 5.87. The highest BCUT2D eigenvalue weighted by molar-refractivity contribution is 7.99. The summed E-state index contributed by atoms with van der Waals surface area (Å²) < 4.78 is 0. The fourth-order valence-corrected chi connectivity index (χ4v) is 2.90. The molecule has 5 nitrogen and oxygen atoms in total. The topological polar surface area (TPSA) is 80.9 Å². The van der Waals surface area contributed by atoms with Crippen molar-refractivity contribution in [2.75, 3.05) is 6.54 Å². The molecule has 0 fully saturated rings. The van der Waals surface area contributed by atoms with E-state index in [1.54, 1.807) is 18.0 Å². The van der Waals surface area contributed by atoms with Crippen LogP contribution in [0.2, 0.25) is 0 Å². The van der Waals surface area contributed by atoms with Crippen molar-refractivity contribution in [1.29, 1.82) is 0 Å². The van der Waals surface area contributed by atoms with Crippen LogP contribution in [-0.4, -0.2) is 33.2 Å². The minimum absolute atomic E-state index is 0.233. The maximum absolute atomic E-state index is 11.5. The maximum atomic E-state index is 11.5. The van der Waals surface area contributed by atoms with Crippen molar-refractivity contribution >= 4 is 17.7 Å². The maximum Gasteiger partial charge on any atom is 0.237 e. The Morgan fingerprint density at radius 2 is 2.39 bits per heavy atom. The number of carbonyl (C=O) groups is 1. The highest BCUT2D eigenvalue weighted by Crippen LogP contribution is 2.26. The number of hydrogen-bond acceptors (Lipinski definition) is 5. The lowest BCUT2D eigenvalue weighted by Crippen LogP contribution is -2.54. The third-order valence-corrected chi connectivity index (χ3v) is 3.74. The molecule has 1 aromatic heterocycles. The summed E-state index contributed by atoms with van der Waals surface area (Å²) in [4.78, 5) is 19.6. The predicted molar refractivity (Wildman–Crippen MR) is 73.2 cm³/mol. The van der Waals surface area contributed by atoms with E-state index in [0.717, 1.165) is 5.03 Å². The zero-order valence-electron chi connectivity index (χ0n) is 11.0. The lowest BCUT2D eigenvalue weighted by atomic mass is 9.95. The molecule has 0 spiro atoms. The number of aromatic nitrogens is 2. The zero-order valence-corrected chi connectivity index (χ0v) is 11.8. The molecule has 0 radical (unpaired) electrons. The van der Waals surface area contributed by atoms with Crippen molar-refractivity contribution in [2.24, 2.45) is 5.73 Å². The van der Waals surface area contributed by atoms with Gasteiger partial charge in [0, 0.05) is 11.4 Å². The molecule has 0 bridgehead atoms. The van der Waals surface area contributed by atoms with Gasteiger partial charge in [0.15, 0.2) is 0 Å². The van der Waals surface area contributed by atoms with Gasteiger partial charge in [0.25, 0.3) is 0 Å². The molecule has 18 heavy (non-hydrogen) atoms. The van der Waals surface area contributed by atoms with Crippen LogP contribution >= 0.6 is 11.8 Å². The average Bonchev–Trinajstić information content (AvgIpc) is 2.30. The first-order valence-electron chi connectivity index (χ1n) is 5.95. The second kappa shape index (κ2) is 6.70. The molecule has 0 aliphatic carbocycles. The quantitative estimate of drug-likeness (QED) is 0.573. The van der Waals surface area contributed by atoms with E-state index in [2.05, 4.69) is 22.2 Å². The monoisotopic (exact) mass is 268 g/mol.